The average Bonchev–Trinajstić information content (AvgIpc) is 2.37. The molecular weight excluding hydrogens is 214 g/mol. The number of aromatic nitrogens is 2. The van der Waals surface area contributed by atoms with E-state index in [0.29, 0.717) is 18.4 Å². The Morgan fingerprint density at radius 2 is 2.18 bits per heavy atom. The summed E-state index contributed by atoms with van der Waals surface area (Å²) in [5.74, 6) is 1.14. The van der Waals surface area contributed by atoms with E-state index in [1.807, 2.05) is 6.07 Å². The summed E-state index contributed by atoms with van der Waals surface area (Å²) in [7, 11) is 1.59. The molecule has 0 aliphatic rings. The number of methoxy groups -OCH3 is 1. The fraction of sp³-hybridized carbons (Fsp3) is 0.231. The summed E-state index contributed by atoms with van der Waals surface area (Å²) in [5.41, 5.74) is 2.45. The summed E-state index contributed by atoms with van der Waals surface area (Å²) >= 11 is 0. The Kier molecular flexibility index (Phi) is 3.55. The molecule has 1 aromatic carbocycles. The van der Waals surface area contributed by atoms with Crippen LogP contribution in [0.4, 0.5) is 5.95 Å². The lowest BCUT2D eigenvalue weighted by Gasteiger charge is -2.06. The lowest BCUT2D eigenvalue weighted by Crippen LogP contribution is -2.04. The van der Waals surface area contributed by atoms with Crippen LogP contribution in [-0.4, -0.2) is 17.1 Å². The van der Waals surface area contributed by atoms with Crippen molar-refractivity contribution >= 4 is 5.95 Å². The third-order valence-corrected chi connectivity index (χ3v) is 2.37. The van der Waals surface area contributed by atoms with Crippen molar-refractivity contribution < 1.29 is 4.74 Å². The Labute approximate surface area is 101 Å². The molecule has 0 radical (unpaired) electrons. The standard InChI is InChI=1S/C13H15N3O/c1-10-4-3-5-11(8-10)9-15-13-14-7-6-12(16-13)17-2/h3-8H,9H2,1-2H3,(H,14,15,16). The van der Waals surface area contributed by atoms with Gasteiger partial charge in [0, 0.05) is 18.8 Å². The van der Waals surface area contributed by atoms with Crippen LogP contribution in [0.15, 0.2) is 36.5 Å². The number of nitrogens with one attached hydrogen (secondary N) is 1. The van der Waals surface area contributed by atoms with Crippen LogP contribution in [-0.2, 0) is 6.54 Å². The van der Waals surface area contributed by atoms with Gasteiger partial charge in [0.1, 0.15) is 0 Å². The minimum atomic E-state index is 0.562. The largest absolute Gasteiger partial charge is 0.481 e. The van der Waals surface area contributed by atoms with Gasteiger partial charge in [-0.25, -0.2) is 4.98 Å². The van der Waals surface area contributed by atoms with Gasteiger partial charge in [-0.3, -0.25) is 0 Å². The summed E-state index contributed by atoms with van der Waals surface area (Å²) < 4.78 is 5.03. The number of benzene rings is 1. The molecule has 0 amide bonds. The first-order valence-electron chi connectivity index (χ1n) is 5.44. The van der Waals surface area contributed by atoms with E-state index in [9.17, 15) is 0 Å². The molecule has 2 aromatic rings. The molecule has 17 heavy (non-hydrogen) atoms. The van der Waals surface area contributed by atoms with Gasteiger partial charge in [0.15, 0.2) is 0 Å². The number of aryl methyl sites for hydroxylation is 1. The second-order valence-electron chi connectivity index (χ2n) is 3.77. The highest BCUT2D eigenvalue weighted by Gasteiger charge is 1.99. The van der Waals surface area contributed by atoms with E-state index in [4.69, 9.17) is 4.74 Å². The highest BCUT2D eigenvalue weighted by atomic mass is 16.5. The number of nitrogens with zero attached hydrogens (tertiary/aromatic N) is 2. The molecular formula is C13H15N3O. The fourth-order valence-corrected chi connectivity index (χ4v) is 1.54. The van der Waals surface area contributed by atoms with Gasteiger partial charge >= 0.3 is 0 Å². The highest BCUT2D eigenvalue weighted by Crippen LogP contribution is 2.09. The van der Waals surface area contributed by atoms with E-state index in [-0.39, 0.29) is 0 Å². The van der Waals surface area contributed by atoms with Gasteiger partial charge in [-0.15, -0.1) is 0 Å². The predicted octanol–water partition coefficient (Wildman–Crippen LogP) is 2.41. The summed E-state index contributed by atoms with van der Waals surface area (Å²) in [4.78, 5) is 8.31. The second kappa shape index (κ2) is 5.30. The first kappa shape index (κ1) is 11.4. The zero-order valence-corrected chi connectivity index (χ0v) is 9.97. The molecule has 1 heterocycles. The third kappa shape index (κ3) is 3.17. The van der Waals surface area contributed by atoms with Crippen molar-refractivity contribution in [2.45, 2.75) is 13.5 Å². The summed E-state index contributed by atoms with van der Waals surface area (Å²) in [6, 6.07) is 10.0. The fourth-order valence-electron chi connectivity index (χ4n) is 1.54. The first-order chi connectivity index (χ1) is 8.28. The van der Waals surface area contributed by atoms with Gasteiger partial charge in [-0.1, -0.05) is 29.8 Å². The van der Waals surface area contributed by atoms with E-state index < -0.39 is 0 Å². The number of ether oxygens (including phenoxy) is 1. The molecule has 0 spiro atoms. The average molecular weight is 229 g/mol. The zero-order chi connectivity index (χ0) is 12.1. The maximum atomic E-state index is 5.03. The van der Waals surface area contributed by atoms with Crippen LogP contribution in [0.3, 0.4) is 0 Å². The van der Waals surface area contributed by atoms with E-state index in [1.165, 1.54) is 11.1 Å². The maximum Gasteiger partial charge on any atom is 0.226 e. The SMILES string of the molecule is COc1ccnc(NCc2cccc(C)c2)n1. The van der Waals surface area contributed by atoms with Crippen molar-refractivity contribution in [2.75, 3.05) is 12.4 Å². The van der Waals surface area contributed by atoms with Gasteiger partial charge in [0.2, 0.25) is 11.8 Å². The van der Waals surface area contributed by atoms with Crippen molar-refractivity contribution in [1.29, 1.82) is 0 Å². The van der Waals surface area contributed by atoms with Crippen LogP contribution in [0.1, 0.15) is 11.1 Å². The summed E-state index contributed by atoms with van der Waals surface area (Å²) in [5, 5.41) is 3.16. The number of hydrogen-bond acceptors (Lipinski definition) is 4. The van der Waals surface area contributed by atoms with Crippen molar-refractivity contribution in [3.63, 3.8) is 0 Å². The summed E-state index contributed by atoms with van der Waals surface area (Å²) in [6.45, 7) is 2.78. The Bertz CT molecular complexity index is 500. The second-order valence-corrected chi connectivity index (χ2v) is 3.77. The summed E-state index contributed by atoms with van der Waals surface area (Å²) in [6.07, 6.45) is 1.67. The molecule has 0 aliphatic carbocycles. The molecule has 0 unspecified atom stereocenters. The van der Waals surface area contributed by atoms with E-state index in [2.05, 4.69) is 40.4 Å². The van der Waals surface area contributed by atoms with Crippen molar-refractivity contribution in [2.24, 2.45) is 0 Å². The Morgan fingerprint density at radius 1 is 1.29 bits per heavy atom. The van der Waals surface area contributed by atoms with Gasteiger partial charge in [-0.2, -0.15) is 4.98 Å². The molecule has 1 aromatic heterocycles. The molecule has 0 saturated carbocycles. The third-order valence-electron chi connectivity index (χ3n) is 2.37. The zero-order valence-electron chi connectivity index (χ0n) is 9.97. The minimum absolute atomic E-state index is 0.562. The van der Waals surface area contributed by atoms with Crippen molar-refractivity contribution in [3.05, 3.63) is 47.7 Å². The van der Waals surface area contributed by atoms with Crippen LogP contribution in [0.5, 0.6) is 5.88 Å². The number of hydrogen-bond donors (Lipinski definition) is 1. The van der Waals surface area contributed by atoms with Crippen LogP contribution in [0.2, 0.25) is 0 Å². The quantitative estimate of drug-likeness (QED) is 0.874. The normalized spacial score (nSPS) is 10.0. The molecule has 2 rings (SSSR count). The maximum absolute atomic E-state index is 5.03. The van der Waals surface area contributed by atoms with Crippen LogP contribution in [0, 0.1) is 6.92 Å². The minimum Gasteiger partial charge on any atom is -0.481 e. The Morgan fingerprint density at radius 3 is 2.94 bits per heavy atom. The lowest BCUT2D eigenvalue weighted by atomic mass is 10.1. The Hall–Kier alpha value is -2.10. The van der Waals surface area contributed by atoms with Crippen molar-refractivity contribution in [1.82, 2.24) is 9.97 Å². The molecule has 4 nitrogen and oxygen atoms in total. The van der Waals surface area contributed by atoms with Gasteiger partial charge in [0.25, 0.3) is 0 Å². The van der Waals surface area contributed by atoms with Gasteiger partial charge in [-0.05, 0) is 12.5 Å². The van der Waals surface area contributed by atoms with E-state index >= 15 is 0 Å². The molecule has 88 valence electrons. The topological polar surface area (TPSA) is 47.0 Å². The smallest absolute Gasteiger partial charge is 0.226 e. The van der Waals surface area contributed by atoms with Crippen LogP contribution in [0.25, 0.3) is 0 Å². The molecule has 0 saturated heterocycles. The van der Waals surface area contributed by atoms with Crippen molar-refractivity contribution in [3.8, 4) is 5.88 Å². The van der Waals surface area contributed by atoms with Gasteiger partial charge < -0.3 is 10.1 Å². The van der Waals surface area contributed by atoms with E-state index in [1.54, 1.807) is 19.4 Å². The number of rotatable bonds is 4. The van der Waals surface area contributed by atoms with E-state index in [0.717, 1.165) is 0 Å². The molecule has 0 fully saturated rings. The van der Waals surface area contributed by atoms with Crippen LogP contribution < -0.4 is 10.1 Å². The molecule has 4 heteroatoms. The monoisotopic (exact) mass is 229 g/mol. The first-order valence-corrected chi connectivity index (χ1v) is 5.44. The predicted molar refractivity (Wildman–Crippen MR) is 67.1 cm³/mol. The number of anilines is 1. The highest BCUT2D eigenvalue weighted by molar-refractivity contribution is 5.31. The van der Waals surface area contributed by atoms with Crippen LogP contribution >= 0.6 is 0 Å². The van der Waals surface area contributed by atoms with Gasteiger partial charge in [0.05, 0.1) is 7.11 Å². The molecule has 1 N–H and O–H groups in total. The molecule has 0 bridgehead atoms. The molecule has 0 atom stereocenters. The lowest BCUT2D eigenvalue weighted by molar-refractivity contribution is 0.397. The Balaban J connectivity index is 2.02. The molecule has 0 aliphatic heterocycles.